The molecule has 2 rings (SSSR count). The number of hydrogen-bond acceptors (Lipinski definition) is 1. The second-order valence-electron chi connectivity index (χ2n) is 7.84. The van der Waals surface area contributed by atoms with E-state index in [4.69, 9.17) is 0 Å². The van der Waals surface area contributed by atoms with E-state index in [1.165, 1.54) is 63.4 Å². The van der Waals surface area contributed by atoms with Crippen LogP contribution in [0.25, 0.3) is 0 Å². The van der Waals surface area contributed by atoms with Crippen molar-refractivity contribution in [3.05, 3.63) is 48.0 Å². The first-order chi connectivity index (χ1) is 11.6. The van der Waals surface area contributed by atoms with Gasteiger partial charge >= 0.3 is 0 Å². The van der Waals surface area contributed by atoms with Gasteiger partial charge in [-0.05, 0) is 43.2 Å². The van der Waals surface area contributed by atoms with Crippen molar-refractivity contribution < 1.29 is 5.11 Å². The minimum atomic E-state index is -0.704. The first kappa shape index (κ1) is 19.2. The van der Waals surface area contributed by atoms with Gasteiger partial charge in [0.1, 0.15) is 0 Å². The van der Waals surface area contributed by atoms with Crippen molar-refractivity contribution in [3.8, 4) is 0 Å². The van der Waals surface area contributed by atoms with E-state index >= 15 is 0 Å². The highest BCUT2D eigenvalue weighted by Gasteiger charge is 2.31. The van der Waals surface area contributed by atoms with Gasteiger partial charge in [0.05, 0.1) is 5.60 Å². The zero-order valence-electron chi connectivity index (χ0n) is 15.6. The number of benzene rings is 1. The summed E-state index contributed by atoms with van der Waals surface area (Å²) < 4.78 is 0. The zero-order chi connectivity index (χ0) is 17.3. The molecule has 0 spiro atoms. The molecular weight excluding hydrogens is 292 g/mol. The van der Waals surface area contributed by atoms with E-state index in [1.54, 1.807) is 0 Å². The maximum atomic E-state index is 11.3. The lowest BCUT2D eigenvalue weighted by molar-refractivity contribution is 0.0486. The summed E-state index contributed by atoms with van der Waals surface area (Å²) in [5.41, 5.74) is 1.62. The van der Waals surface area contributed by atoms with Crippen molar-refractivity contribution in [2.75, 3.05) is 0 Å². The molecule has 24 heavy (non-hydrogen) atoms. The van der Waals surface area contributed by atoms with E-state index in [-0.39, 0.29) is 0 Å². The van der Waals surface area contributed by atoms with Crippen LogP contribution in [0.4, 0.5) is 0 Å². The molecule has 0 saturated heterocycles. The van der Waals surface area contributed by atoms with Crippen LogP contribution in [-0.2, 0) is 0 Å². The highest BCUT2D eigenvalue weighted by molar-refractivity contribution is 5.22. The lowest BCUT2D eigenvalue weighted by atomic mass is 9.77. The van der Waals surface area contributed by atoms with Crippen molar-refractivity contribution in [2.45, 2.75) is 95.5 Å². The second kappa shape index (κ2) is 10.0. The largest absolute Gasteiger partial charge is 0.386 e. The van der Waals surface area contributed by atoms with Gasteiger partial charge in [-0.1, -0.05) is 94.7 Å². The average molecular weight is 329 g/mol. The third-order valence-electron chi connectivity index (χ3n) is 5.79. The Morgan fingerprint density at radius 3 is 2.04 bits per heavy atom. The van der Waals surface area contributed by atoms with E-state index in [2.05, 4.69) is 36.9 Å². The van der Waals surface area contributed by atoms with Gasteiger partial charge in [0.25, 0.3) is 0 Å². The quantitative estimate of drug-likeness (QED) is 0.594. The summed E-state index contributed by atoms with van der Waals surface area (Å²) in [7, 11) is 0. The van der Waals surface area contributed by atoms with Gasteiger partial charge < -0.3 is 5.11 Å². The highest BCUT2D eigenvalue weighted by Crippen LogP contribution is 2.37. The normalized spacial score (nSPS) is 28.0. The molecule has 0 amide bonds. The van der Waals surface area contributed by atoms with Crippen LogP contribution in [-0.4, -0.2) is 10.7 Å². The second-order valence-corrected chi connectivity index (χ2v) is 7.84. The van der Waals surface area contributed by atoms with E-state index in [0.717, 1.165) is 24.8 Å². The van der Waals surface area contributed by atoms with Gasteiger partial charge in [-0.15, -0.1) is 0 Å². The molecule has 0 bridgehead atoms. The van der Waals surface area contributed by atoms with Crippen molar-refractivity contribution in [1.82, 2.24) is 0 Å². The molecule has 0 heterocycles. The van der Waals surface area contributed by atoms with Crippen molar-refractivity contribution in [3.63, 3.8) is 0 Å². The molecule has 0 aromatic heterocycles. The van der Waals surface area contributed by atoms with Crippen molar-refractivity contribution in [1.29, 1.82) is 0 Å². The molecular formula is C23H36O. The van der Waals surface area contributed by atoms with E-state index in [9.17, 15) is 5.11 Å². The lowest BCUT2D eigenvalue weighted by Gasteiger charge is -2.33. The van der Waals surface area contributed by atoms with Crippen molar-refractivity contribution in [2.24, 2.45) is 0 Å². The first-order valence-electron chi connectivity index (χ1n) is 10.1. The maximum absolute atomic E-state index is 11.3. The number of aliphatic hydroxyl groups is 1. The van der Waals surface area contributed by atoms with Gasteiger partial charge in [0.15, 0.2) is 0 Å². The van der Waals surface area contributed by atoms with Gasteiger partial charge in [-0.25, -0.2) is 0 Å². The topological polar surface area (TPSA) is 20.2 Å². The molecule has 1 aromatic rings. The fraction of sp³-hybridized carbons (Fsp3) is 0.652. The van der Waals surface area contributed by atoms with Crippen LogP contribution in [0.2, 0.25) is 0 Å². The molecule has 1 heteroatoms. The van der Waals surface area contributed by atoms with E-state index in [0.29, 0.717) is 5.92 Å². The Morgan fingerprint density at radius 2 is 1.46 bits per heavy atom. The molecule has 1 N–H and O–H groups in total. The van der Waals surface area contributed by atoms with Crippen LogP contribution >= 0.6 is 0 Å². The minimum Gasteiger partial charge on any atom is -0.386 e. The summed E-state index contributed by atoms with van der Waals surface area (Å²) in [6.07, 6.45) is 14.6. The molecule has 1 aliphatic carbocycles. The van der Waals surface area contributed by atoms with Crippen LogP contribution in [0.3, 0.4) is 0 Å². The zero-order valence-corrected chi connectivity index (χ0v) is 15.6. The Balaban J connectivity index is 2.13. The van der Waals surface area contributed by atoms with Crippen LogP contribution < -0.4 is 0 Å². The predicted molar refractivity (Wildman–Crippen MR) is 104 cm³/mol. The van der Waals surface area contributed by atoms with Crippen LogP contribution in [0.1, 0.15) is 95.5 Å². The lowest BCUT2D eigenvalue weighted by Crippen LogP contribution is -2.32. The third kappa shape index (κ3) is 6.09. The Kier molecular flexibility index (Phi) is 8.05. The smallest absolute Gasteiger partial charge is 0.0857 e. The summed E-state index contributed by atoms with van der Waals surface area (Å²) in [6.45, 7) is 6.14. The Bertz CT molecular complexity index is 478. The number of hydrogen-bond donors (Lipinski definition) is 1. The molecule has 0 radical (unpaired) electrons. The summed E-state index contributed by atoms with van der Waals surface area (Å²) in [5, 5.41) is 11.3. The Labute approximate surface area is 149 Å². The maximum Gasteiger partial charge on any atom is 0.0857 e. The van der Waals surface area contributed by atoms with Crippen LogP contribution in [0.5, 0.6) is 0 Å². The summed E-state index contributed by atoms with van der Waals surface area (Å²) >= 11 is 0. The molecule has 1 nitrogen and oxygen atoms in total. The Hall–Kier alpha value is -1.08. The monoisotopic (exact) mass is 328 g/mol. The van der Waals surface area contributed by atoms with Crippen molar-refractivity contribution >= 4 is 0 Å². The fourth-order valence-corrected chi connectivity index (χ4v) is 4.05. The number of rotatable bonds is 2. The molecule has 0 aliphatic heterocycles. The summed E-state index contributed by atoms with van der Waals surface area (Å²) in [4.78, 5) is 0. The predicted octanol–water partition coefficient (Wildman–Crippen LogP) is 6.77. The fourth-order valence-electron chi connectivity index (χ4n) is 4.05. The van der Waals surface area contributed by atoms with Gasteiger partial charge in [-0.3, -0.25) is 0 Å². The van der Waals surface area contributed by atoms with Gasteiger partial charge in [0.2, 0.25) is 0 Å². The minimum absolute atomic E-state index is 0.441. The molecule has 2 unspecified atom stereocenters. The molecule has 2 atom stereocenters. The molecule has 134 valence electrons. The van der Waals surface area contributed by atoms with Crippen LogP contribution in [0, 0.1) is 0 Å². The molecule has 1 saturated carbocycles. The molecule has 1 aromatic carbocycles. The third-order valence-corrected chi connectivity index (χ3v) is 5.79. The molecule has 1 aliphatic rings. The van der Waals surface area contributed by atoms with E-state index in [1.807, 2.05) is 6.92 Å². The van der Waals surface area contributed by atoms with Gasteiger partial charge in [-0.2, -0.15) is 0 Å². The summed E-state index contributed by atoms with van der Waals surface area (Å²) in [5.74, 6) is 0.441. The van der Waals surface area contributed by atoms with Crippen LogP contribution in [0.15, 0.2) is 42.5 Å². The Morgan fingerprint density at radius 1 is 0.917 bits per heavy atom. The van der Waals surface area contributed by atoms with Gasteiger partial charge in [0, 0.05) is 0 Å². The van der Waals surface area contributed by atoms with E-state index < -0.39 is 5.60 Å². The molecule has 1 fully saturated rings. The summed E-state index contributed by atoms with van der Waals surface area (Å²) in [6, 6.07) is 10.8. The first-order valence-corrected chi connectivity index (χ1v) is 10.1. The standard InChI is InChI=1S/C23H36O/c1-20(2)23(24)18-14-9-7-5-3-4-6-8-11-17-22(19-23)21-15-12-10-13-16-21/h10,12-13,15-16,22,24H,1,3-9,11,14,17-19H2,2H3. The average Bonchev–Trinajstić information content (AvgIpc) is 2.59. The highest BCUT2D eigenvalue weighted by atomic mass is 16.3. The SMILES string of the molecule is C=C(C)C1(O)CCCCCCCCCCCC(c2ccccc2)C1.